The number of hydrogen-bond acceptors (Lipinski definition) is 4. The van der Waals surface area contributed by atoms with Crippen molar-refractivity contribution in [1.29, 1.82) is 5.26 Å². The molecule has 2 unspecified atom stereocenters. The van der Waals surface area contributed by atoms with Crippen LogP contribution in [0.3, 0.4) is 0 Å². The molecule has 1 aliphatic carbocycles. The minimum atomic E-state index is 0.175. The molecule has 4 heteroatoms. The average molecular weight is 216 g/mol. The van der Waals surface area contributed by atoms with Gasteiger partial charge in [0.05, 0.1) is 5.56 Å². The van der Waals surface area contributed by atoms with Gasteiger partial charge in [0, 0.05) is 18.3 Å². The van der Waals surface area contributed by atoms with Gasteiger partial charge in [-0.05, 0) is 37.8 Å². The molecule has 0 aromatic carbocycles. The third-order valence-corrected chi connectivity index (χ3v) is 3.16. The van der Waals surface area contributed by atoms with E-state index in [1.165, 1.54) is 0 Å². The molecule has 1 heterocycles. The van der Waals surface area contributed by atoms with Gasteiger partial charge in [-0.1, -0.05) is 0 Å². The Labute approximate surface area is 95.5 Å². The molecule has 84 valence electrons. The van der Waals surface area contributed by atoms with Gasteiger partial charge in [0.15, 0.2) is 0 Å². The Morgan fingerprint density at radius 1 is 1.56 bits per heavy atom. The SMILES string of the molecule is Cc1ccnc(NC2CCCC2N)c1C#N. The molecule has 1 aromatic rings. The molecule has 4 nitrogen and oxygen atoms in total. The highest BCUT2D eigenvalue weighted by Gasteiger charge is 2.24. The lowest BCUT2D eigenvalue weighted by molar-refractivity contribution is 0.635. The first kappa shape index (κ1) is 10.9. The minimum Gasteiger partial charge on any atom is -0.365 e. The molecular weight excluding hydrogens is 200 g/mol. The number of anilines is 1. The summed E-state index contributed by atoms with van der Waals surface area (Å²) in [5, 5.41) is 12.4. The van der Waals surface area contributed by atoms with Gasteiger partial charge in [0.2, 0.25) is 0 Å². The zero-order valence-electron chi connectivity index (χ0n) is 9.40. The number of nitriles is 1. The second-order valence-electron chi connectivity index (χ2n) is 4.31. The predicted molar refractivity (Wildman–Crippen MR) is 62.9 cm³/mol. The van der Waals surface area contributed by atoms with E-state index in [2.05, 4.69) is 16.4 Å². The Morgan fingerprint density at radius 3 is 3.00 bits per heavy atom. The van der Waals surface area contributed by atoms with E-state index in [0.29, 0.717) is 11.4 Å². The Bertz CT molecular complexity index is 422. The highest BCUT2D eigenvalue weighted by Crippen LogP contribution is 2.23. The van der Waals surface area contributed by atoms with Crippen molar-refractivity contribution in [3.05, 3.63) is 23.4 Å². The molecule has 3 N–H and O–H groups in total. The van der Waals surface area contributed by atoms with Gasteiger partial charge in [-0.15, -0.1) is 0 Å². The van der Waals surface area contributed by atoms with Gasteiger partial charge in [0.1, 0.15) is 11.9 Å². The fourth-order valence-electron chi connectivity index (χ4n) is 2.15. The van der Waals surface area contributed by atoms with E-state index < -0.39 is 0 Å². The van der Waals surface area contributed by atoms with Gasteiger partial charge in [-0.2, -0.15) is 5.26 Å². The van der Waals surface area contributed by atoms with Crippen LogP contribution < -0.4 is 11.1 Å². The Kier molecular flexibility index (Phi) is 3.07. The summed E-state index contributed by atoms with van der Waals surface area (Å²) < 4.78 is 0. The second-order valence-corrected chi connectivity index (χ2v) is 4.31. The summed E-state index contributed by atoms with van der Waals surface area (Å²) in [6, 6.07) is 4.46. The van der Waals surface area contributed by atoms with Crippen molar-refractivity contribution in [3.63, 3.8) is 0 Å². The summed E-state index contributed by atoms with van der Waals surface area (Å²) >= 11 is 0. The minimum absolute atomic E-state index is 0.175. The van der Waals surface area contributed by atoms with Crippen LogP contribution in [0.1, 0.15) is 30.4 Å². The van der Waals surface area contributed by atoms with Crippen molar-refractivity contribution in [2.75, 3.05) is 5.32 Å². The molecular formula is C12H16N4. The lowest BCUT2D eigenvalue weighted by atomic mass is 10.1. The monoisotopic (exact) mass is 216 g/mol. The summed E-state index contributed by atoms with van der Waals surface area (Å²) in [6.07, 6.45) is 4.97. The normalized spacial score (nSPS) is 24.1. The van der Waals surface area contributed by atoms with Crippen molar-refractivity contribution < 1.29 is 0 Å². The van der Waals surface area contributed by atoms with E-state index >= 15 is 0 Å². The summed E-state index contributed by atoms with van der Waals surface area (Å²) in [5.41, 5.74) is 7.56. The molecule has 0 bridgehead atoms. The van der Waals surface area contributed by atoms with Gasteiger partial charge in [0.25, 0.3) is 0 Å². The third-order valence-electron chi connectivity index (χ3n) is 3.16. The molecule has 0 aliphatic heterocycles. The van der Waals surface area contributed by atoms with Crippen molar-refractivity contribution in [3.8, 4) is 6.07 Å². The number of pyridine rings is 1. The van der Waals surface area contributed by atoms with Crippen LogP contribution in [0.15, 0.2) is 12.3 Å². The lowest BCUT2D eigenvalue weighted by Crippen LogP contribution is -2.35. The topological polar surface area (TPSA) is 74.7 Å². The van der Waals surface area contributed by atoms with Gasteiger partial charge in [-0.3, -0.25) is 0 Å². The first-order valence-electron chi connectivity index (χ1n) is 5.60. The van der Waals surface area contributed by atoms with E-state index in [-0.39, 0.29) is 12.1 Å². The zero-order valence-corrected chi connectivity index (χ0v) is 9.40. The highest BCUT2D eigenvalue weighted by atomic mass is 15.0. The van der Waals surface area contributed by atoms with Crippen molar-refractivity contribution in [1.82, 2.24) is 4.98 Å². The Hall–Kier alpha value is -1.60. The van der Waals surface area contributed by atoms with E-state index in [4.69, 9.17) is 11.0 Å². The summed E-state index contributed by atoms with van der Waals surface area (Å²) in [4.78, 5) is 4.22. The van der Waals surface area contributed by atoms with Crippen LogP contribution in [0.4, 0.5) is 5.82 Å². The lowest BCUT2D eigenvalue weighted by Gasteiger charge is -2.18. The van der Waals surface area contributed by atoms with Crippen LogP contribution >= 0.6 is 0 Å². The molecule has 0 amide bonds. The summed E-state index contributed by atoms with van der Waals surface area (Å²) in [5.74, 6) is 0.671. The molecule has 1 aromatic heterocycles. The van der Waals surface area contributed by atoms with Gasteiger partial charge in [-0.25, -0.2) is 4.98 Å². The van der Waals surface area contributed by atoms with E-state index in [0.717, 1.165) is 24.8 Å². The van der Waals surface area contributed by atoms with Crippen LogP contribution in [0.25, 0.3) is 0 Å². The van der Waals surface area contributed by atoms with E-state index in [1.54, 1.807) is 6.20 Å². The molecule has 1 aliphatic rings. The number of aromatic nitrogens is 1. The van der Waals surface area contributed by atoms with Crippen LogP contribution in [0.2, 0.25) is 0 Å². The van der Waals surface area contributed by atoms with Crippen molar-refractivity contribution in [2.45, 2.75) is 38.3 Å². The molecule has 2 atom stereocenters. The van der Waals surface area contributed by atoms with E-state index in [1.807, 2.05) is 13.0 Å². The number of nitrogens with one attached hydrogen (secondary N) is 1. The van der Waals surface area contributed by atoms with Crippen LogP contribution in [0.5, 0.6) is 0 Å². The second kappa shape index (κ2) is 4.50. The fraction of sp³-hybridized carbons (Fsp3) is 0.500. The van der Waals surface area contributed by atoms with Crippen molar-refractivity contribution >= 4 is 5.82 Å². The number of hydrogen-bond donors (Lipinski definition) is 2. The fourth-order valence-corrected chi connectivity index (χ4v) is 2.15. The van der Waals surface area contributed by atoms with Crippen LogP contribution in [-0.4, -0.2) is 17.1 Å². The first-order chi connectivity index (χ1) is 7.72. The largest absolute Gasteiger partial charge is 0.365 e. The number of aryl methyl sites for hydroxylation is 1. The zero-order chi connectivity index (χ0) is 11.5. The number of nitrogens with two attached hydrogens (primary N) is 1. The van der Waals surface area contributed by atoms with Crippen molar-refractivity contribution in [2.24, 2.45) is 5.73 Å². The summed E-state index contributed by atoms with van der Waals surface area (Å²) in [7, 11) is 0. The molecule has 0 spiro atoms. The third kappa shape index (κ3) is 2.00. The first-order valence-corrected chi connectivity index (χ1v) is 5.60. The van der Waals surface area contributed by atoms with Gasteiger partial charge >= 0.3 is 0 Å². The average Bonchev–Trinajstić information content (AvgIpc) is 2.65. The molecule has 2 rings (SSSR count). The molecule has 1 fully saturated rings. The van der Waals surface area contributed by atoms with Gasteiger partial charge < -0.3 is 11.1 Å². The Morgan fingerprint density at radius 2 is 2.38 bits per heavy atom. The molecule has 0 radical (unpaired) electrons. The molecule has 16 heavy (non-hydrogen) atoms. The van der Waals surface area contributed by atoms with E-state index in [9.17, 15) is 0 Å². The Balaban J connectivity index is 2.21. The van der Waals surface area contributed by atoms with Crippen LogP contribution in [-0.2, 0) is 0 Å². The maximum atomic E-state index is 9.08. The number of nitrogens with zero attached hydrogens (tertiary/aromatic N) is 2. The predicted octanol–water partition coefficient (Wildman–Crippen LogP) is 1.55. The maximum Gasteiger partial charge on any atom is 0.144 e. The maximum absolute atomic E-state index is 9.08. The van der Waals surface area contributed by atoms with Crippen LogP contribution in [0, 0.1) is 18.3 Å². The summed E-state index contributed by atoms with van der Waals surface area (Å²) in [6.45, 7) is 1.92. The number of rotatable bonds is 2. The highest BCUT2D eigenvalue weighted by molar-refractivity contribution is 5.56. The molecule has 0 saturated heterocycles. The molecule has 1 saturated carbocycles. The standard InChI is InChI=1S/C12H16N4/c1-8-5-6-15-12(9(8)7-13)16-11-4-2-3-10(11)14/h5-6,10-11H,2-4,14H2,1H3,(H,15,16). The smallest absolute Gasteiger partial charge is 0.144 e. The quantitative estimate of drug-likeness (QED) is 0.786.